The van der Waals surface area contributed by atoms with Crippen LogP contribution in [-0.4, -0.2) is 25.6 Å². The number of aromatic amines is 2. The number of anilines is 1. The number of nitriles is 1. The lowest BCUT2D eigenvalue weighted by molar-refractivity contribution is 0.640. The van der Waals surface area contributed by atoms with Crippen molar-refractivity contribution < 1.29 is 4.39 Å². The lowest BCUT2D eigenvalue weighted by atomic mass is 10.2. The van der Waals surface area contributed by atoms with Crippen LogP contribution in [0.2, 0.25) is 0 Å². The molecule has 0 aliphatic rings. The monoisotopic (exact) mass is 269 g/mol. The van der Waals surface area contributed by atoms with Crippen molar-refractivity contribution in [2.24, 2.45) is 0 Å². The van der Waals surface area contributed by atoms with Crippen molar-refractivity contribution in [3.05, 3.63) is 42.2 Å². The van der Waals surface area contributed by atoms with Gasteiger partial charge in [0.25, 0.3) is 0 Å². The van der Waals surface area contributed by atoms with Crippen LogP contribution in [0.25, 0.3) is 16.5 Å². The maximum Gasteiger partial charge on any atom is 0.216 e. The molecule has 3 aromatic rings. The first-order valence-electron chi connectivity index (χ1n) is 5.66. The molecule has 0 aliphatic carbocycles. The minimum atomic E-state index is -0.311. The highest BCUT2D eigenvalue weighted by Crippen LogP contribution is 2.25. The summed E-state index contributed by atoms with van der Waals surface area (Å²) in [5, 5.41) is 25.6. The Balaban J connectivity index is 1.96. The number of aromatic nitrogens is 5. The number of allylic oxidation sites excluding steroid dienone is 1. The number of nitrogens with one attached hydrogen (secondary N) is 3. The maximum absolute atomic E-state index is 13.5. The van der Waals surface area contributed by atoms with E-state index in [1.165, 1.54) is 12.3 Å². The van der Waals surface area contributed by atoms with Crippen LogP contribution in [0, 0.1) is 17.1 Å². The van der Waals surface area contributed by atoms with E-state index < -0.39 is 0 Å². The van der Waals surface area contributed by atoms with Crippen LogP contribution in [0.1, 0.15) is 5.82 Å². The van der Waals surface area contributed by atoms with Crippen molar-refractivity contribution in [1.29, 1.82) is 5.26 Å². The highest BCUT2D eigenvalue weighted by atomic mass is 19.1. The Morgan fingerprint density at radius 3 is 3.05 bits per heavy atom. The Morgan fingerprint density at radius 1 is 1.40 bits per heavy atom. The van der Waals surface area contributed by atoms with Gasteiger partial charge in [-0.05, 0) is 23.4 Å². The minimum Gasteiger partial charge on any atom is -0.359 e. The first kappa shape index (κ1) is 11.9. The fraction of sp³-hybridized carbons (Fsp3) is 0. The lowest BCUT2D eigenvalue weighted by Crippen LogP contribution is -1.94. The summed E-state index contributed by atoms with van der Waals surface area (Å²) < 4.78 is 13.5. The zero-order valence-electron chi connectivity index (χ0n) is 10.1. The molecule has 0 saturated carbocycles. The molecule has 7 nitrogen and oxygen atoms in total. The van der Waals surface area contributed by atoms with E-state index in [1.54, 1.807) is 18.3 Å². The molecule has 20 heavy (non-hydrogen) atoms. The third-order valence-corrected chi connectivity index (χ3v) is 2.75. The van der Waals surface area contributed by atoms with Crippen LogP contribution in [0.3, 0.4) is 0 Å². The standard InChI is InChI=1S/C12H8FN7/c13-9-1-2-10(11-8(9)3-4-15-11)16-6-7(5-14)12-17-19-20-18-12/h1-4,6,15-16H,(H,17,18,19,20). The highest BCUT2D eigenvalue weighted by molar-refractivity contribution is 5.92. The largest absolute Gasteiger partial charge is 0.359 e. The van der Waals surface area contributed by atoms with Crippen molar-refractivity contribution in [3.63, 3.8) is 0 Å². The average molecular weight is 269 g/mol. The molecule has 0 spiro atoms. The van der Waals surface area contributed by atoms with Gasteiger partial charge in [-0.3, -0.25) is 0 Å². The molecule has 0 radical (unpaired) electrons. The number of hydrogen-bond acceptors (Lipinski definition) is 5. The number of halogens is 1. The van der Waals surface area contributed by atoms with Gasteiger partial charge in [0, 0.05) is 17.8 Å². The summed E-state index contributed by atoms with van der Waals surface area (Å²) >= 11 is 0. The summed E-state index contributed by atoms with van der Waals surface area (Å²) in [6, 6.07) is 6.53. The van der Waals surface area contributed by atoms with E-state index in [4.69, 9.17) is 5.26 Å². The molecule has 0 amide bonds. The Bertz CT molecular complexity index is 810. The number of nitrogens with zero attached hydrogens (tertiary/aromatic N) is 4. The summed E-state index contributed by atoms with van der Waals surface area (Å²) in [6.45, 7) is 0. The number of benzene rings is 1. The average Bonchev–Trinajstić information content (AvgIpc) is 3.12. The predicted octanol–water partition coefficient (Wildman–Crippen LogP) is 1.80. The molecule has 0 unspecified atom stereocenters. The summed E-state index contributed by atoms with van der Waals surface area (Å²) in [7, 11) is 0. The summed E-state index contributed by atoms with van der Waals surface area (Å²) in [5.74, 6) is -0.126. The highest BCUT2D eigenvalue weighted by Gasteiger charge is 2.08. The molecule has 3 N–H and O–H groups in total. The number of fused-ring (bicyclic) bond motifs is 1. The Hall–Kier alpha value is -3.21. The van der Waals surface area contributed by atoms with E-state index >= 15 is 0 Å². The van der Waals surface area contributed by atoms with Crippen LogP contribution in [0.4, 0.5) is 10.1 Å². The molecule has 1 aromatic carbocycles. The third-order valence-electron chi connectivity index (χ3n) is 2.75. The van der Waals surface area contributed by atoms with Gasteiger partial charge in [0.1, 0.15) is 17.5 Å². The van der Waals surface area contributed by atoms with Crippen LogP contribution in [0.5, 0.6) is 0 Å². The molecule has 3 rings (SSSR count). The first-order chi connectivity index (χ1) is 9.79. The SMILES string of the molecule is N#CC(=CNc1ccc(F)c2cc[nH]c12)c1nn[nH]n1. The summed E-state index contributed by atoms with van der Waals surface area (Å²) in [4.78, 5) is 2.94. The molecular weight excluding hydrogens is 261 g/mol. The molecule has 0 bridgehead atoms. The van der Waals surface area contributed by atoms with E-state index in [0.29, 0.717) is 16.6 Å². The van der Waals surface area contributed by atoms with E-state index in [2.05, 4.69) is 30.9 Å². The van der Waals surface area contributed by atoms with Crippen LogP contribution in [0.15, 0.2) is 30.6 Å². The van der Waals surface area contributed by atoms with Crippen LogP contribution in [-0.2, 0) is 0 Å². The second-order valence-corrected chi connectivity index (χ2v) is 3.91. The van der Waals surface area contributed by atoms with Gasteiger partial charge in [0.2, 0.25) is 5.82 Å². The predicted molar refractivity (Wildman–Crippen MR) is 69.6 cm³/mol. The van der Waals surface area contributed by atoms with E-state index in [1.807, 2.05) is 6.07 Å². The molecule has 2 aromatic heterocycles. The molecule has 8 heteroatoms. The fourth-order valence-electron chi connectivity index (χ4n) is 1.81. The van der Waals surface area contributed by atoms with Gasteiger partial charge in [-0.2, -0.15) is 10.5 Å². The van der Waals surface area contributed by atoms with Crippen LogP contribution < -0.4 is 5.32 Å². The number of tetrazole rings is 1. The van der Waals surface area contributed by atoms with Crippen LogP contribution >= 0.6 is 0 Å². The van der Waals surface area contributed by atoms with Crippen molar-refractivity contribution in [2.45, 2.75) is 0 Å². The van der Waals surface area contributed by atoms with Crippen molar-refractivity contribution in [1.82, 2.24) is 25.6 Å². The zero-order valence-corrected chi connectivity index (χ0v) is 10.1. The maximum atomic E-state index is 13.5. The van der Waals surface area contributed by atoms with Crippen molar-refractivity contribution in [2.75, 3.05) is 5.32 Å². The fourth-order valence-corrected chi connectivity index (χ4v) is 1.81. The zero-order chi connectivity index (χ0) is 13.9. The normalized spacial score (nSPS) is 11.5. The van der Waals surface area contributed by atoms with Crippen molar-refractivity contribution in [3.8, 4) is 6.07 Å². The summed E-state index contributed by atoms with van der Waals surface area (Å²) in [5.41, 5.74) is 1.47. The van der Waals surface area contributed by atoms with Gasteiger partial charge in [0.15, 0.2) is 0 Å². The van der Waals surface area contributed by atoms with Gasteiger partial charge >= 0.3 is 0 Å². The number of H-pyrrole nitrogens is 2. The second-order valence-electron chi connectivity index (χ2n) is 3.91. The number of hydrogen-bond donors (Lipinski definition) is 3. The topological polar surface area (TPSA) is 106 Å². The van der Waals surface area contributed by atoms with Gasteiger partial charge in [-0.1, -0.05) is 0 Å². The smallest absolute Gasteiger partial charge is 0.216 e. The quantitative estimate of drug-likeness (QED) is 0.628. The molecule has 0 saturated heterocycles. The minimum absolute atomic E-state index is 0.185. The van der Waals surface area contributed by atoms with Gasteiger partial charge < -0.3 is 10.3 Å². The second kappa shape index (κ2) is 4.81. The molecule has 0 fully saturated rings. The van der Waals surface area contributed by atoms with Crippen molar-refractivity contribution >= 4 is 22.2 Å². The van der Waals surface area contributed by atoms with E-state index in [0.717, 1.165) is 0 Å². The van der Waals surface area contributed by atoms with E-state index in [-0.39, 0.29) is 17.2 Å². The third kappa shape index (κ3) is 1.97. The Morgan fingerprint density at radius 2 is 2.30 bits per heavy atom. The van der Waals surface area contributed by atoms with Gasteiger partial charge in [-0.25, -0.2) is 4.39 Å². The lowest BCUT2D eigenvalue weighted by Gasteiger charge is -2.04. The van der Waals surface area contributed by atoms with E-state index in [9.17, 15) is 4.39 Å². The molecule has 2 heterocycles. The molecule has 98 valence electrons. The van der Waals surface area contributed by atoms with Gasteiger partial charge in [-0.15, -0.1) is 10.2 Å². The molecule has 0 atom stereocenters. The summed E-state index contributed by atoms with van der Waals surface area (Å²) in [6.07, 6.45) is 3.09. The molecular formula is C12H8FN7. The number of rotatable bonds is 3. The Kier molecular flexibility index (Phi) is 2.85. The van der Waals surface area contributed by atoms with Gasteiger partial charge in [0.05, 0.1) is 11.2 Å². The Labute approximate surface area is 112 Å². The molecule has 0 aliphatic heterocycles. The first-order valence-corrected chi connectivity index (χ1v) is 5.66.